The molecule has 7 heteroatoms. The van der Waals surface area contributed by atoms with Crippen LogP contribution in [0.15, 0.2) is 41.8 Å². The fraction of sp³-hybridized carbons (Fsp3) is 0.278. The summed E-state index contributed by atoms with van der Waals surface area (Å²) in [6, 6.07) is 11.2. The summed E-state index contributed by atoms with van der Waals surface area (Å²) in [4.78, 5) is 13.4. The van der Waals surface area contributed by atoms with Crippen LogP contribution in [0.5, 0.6) is 5.75 Å². The van der Waals surface area contributed by atoms with E-state index >= 15 is 0 Å². The Morgan fingerprint density at radius 2 is 1.92 bits per heavy atom. The average molecular weight is 371 g/mol. The van der Waals surface area contributed by atoms with Crippen molar-refractivity contribution in [1.82, 2.24) is 10.2 Å². The number of ether oxygens (including phenoxy) is 1. The van der Waals surface area contributed by atoms with E-state index in [0.717, 1.165) is 28.5 Å². The molecule has 0 unspecified atom stereocenters. The molecule has 1 fully saturated rings. The fourth-order valence-electron chi connectivity index (χ4n) is 2.83. The monoisotopic (exact) mass is 371 g/mol. The van der Waals surface area contributed by atoms with Crippen LogP contribution in [0.1, 0.15) is 36.0 Å². The zero-order valence-corrected chi connectivity index (χ0v) is 15.1. The molecule has 1 aliphatic rings. The molecular weight excluding hydrogens is 354 g/mol. The van der Waals surface area contributed by atoms with Crippen molar-refractivity contribution < 1.29 is 9.53 Å². The normalized spacial score (nSPS) is 14.6. The minimum Gasteiger partial charge on any atom is -0.490 e. The summed E-state index contributed by atoms with van der Waals surface area (Å²) in [5.74, 6) is 0.626. The second-order valence-corrected chi connectivity index (χ2v) is 7.82. The molecule has 4 rings (SSSR count). The van der Waals surface area contributed by atoms with E-state index in [1.165, 1.54) is 24.2 Å². The highest BCUT2D eigenvalue weighted by Gasteiger charge is 2.17. The summed E-state index contributed by atoms with van der Waals surface area (Å²) in [5, 5.41) is 14.3. The van der Waals surface area contributed by atoms with Crippen molar-refractivity contribution in [2.45, 2.75) is 31.8 Å². The second-order valence-electron chi connectivity index (χ2n) is 5.89. The first-order valence-electron chi connectivity index (χ1n) is 8.23. The Morgan fingerprint density at radius 3 is 2.64 bits per heavy atom. The molecule has 5 nitrogen and oxygen atoms in total. The quantitative estimate of drug-likeness (QED) is 0.697. The number of hydrogen-bond acceptors (Lipinski definition) is 6. The first kappa shape index (κ1) is 16.2. The van der Waals surface area contributed by atoms with Gasteiger partial charge in [-0.2, -0.15) is 0 Å². The van der Waals surface area contributed by atoms with Gasteiger partial charge in [0.2, 0.25) is 5.13 Å². The molecule has 1 amide bonds. The summed E-state index contributed by atoms with van der Waals surface area (Å²) < 4.78 is 5.92. The Bertz CT molecular complexity index is 838. The Labute approximate surface area is 153 Å². The van der Waals surface area contributed by atoms with Crippen LogP contribution >= 0.6 is 22.7 Å². The van der Waals surface area contributed by atoms with Gasteiger partial charge in [-0.05, 0) is 61.4 Å². The van der Waals surface area contributed by atoms with Crippen molar-refractivity contribution in [2.75, 3.05) is 5.32 Å². The second kappa shape index (κ2) is 7.33. The number of anilines is 1. The highest BCUT2D eigenvalue weighted by Crippen LogP contribution is 2.30. The largest absolute Gasteiger partial charge is 0.490 e. The van der Waals surface area contributed by atoms with Crippen molar-refractivity contribution in [2.24, 2.45) is 0 Å². The maximum Gasteiger partial charge on any atom is 0.257 e. The van der Waals surface area contributed by atoms with Crippen LogP contribution in [-0.2, 0) is 0 Å². The van der Waals surface area contributed by atoms with Crippen LogP contribution in [0.3, 0.4) is 0 Å². The molecule has 0 aliphatic heterocycles. The number of nitrogens with one attached hydrogen (secondary N) is 1. The molecule has 2 heterocycles. The highest BCUT2D eigenvalue weighted by molar-refractivity contribution is 7.23. The van der Waals surface area contributed by atoms with E-state index in [1.54, 1.807) is 23.5 Å². The van der Waals surface area contributed by atoms with E-state index < -0.39 is 0 Å². The van der Waals surface area contributed by atoms with E-state index in [0.29, 0.717) is 16.8 Å². The van der Waals surface area contributed by atoms with Crippen LogP contribution in [0, 0.1) is 0 Å². The van der Waals surface area contributed by atoms with E-state index in [2.05, 4.69) is 15.5 Å². The smallest absolute Gasteiger partial charge is 0.257 e. The molecule has 1 aromatic carbocycles. The molecule has 25 heavy (non-hydrogen) atoms. The van der Waals surface area contributed by atoms with Crippen molar-refractivity contribution in [1.29, 1.82) is 0 Å². The number of nitrogens with zero attached hydrogens (tertiary/aromatic N) is 2. The summed E-state index contributed by atoms with van der Waals surface area (Å²) in [5.41, 5.74) is 0.576. The van der Waals surface area contributed by atoms with Gasteiger partial charge in [0.05, 0.1) is 11.0 Å². The third-order valence-corrected chi connectivity index (χ3v) is 5.98. The molecule has 1 aliphatic carbocycles. The molecule has 0 bridgehead atoms. The van der Waals surface area contributed by atoms with Crippen LogP contribution in [0.25, 0.3) is 9.88 Å². The van der Waals surface area contributed by atoms with Gasteiger partial charge in [-0.3, -0.25) is 10.1 Å². The Balaban J connectivity index is 1.39. The van der Waals surface area contributed by atoms with Crippen molar-refractivity contribution in [3.05, 3.63) is 47.3 Å². The van der Waals surface area contributed by atoms with Gasteiger partial charge in [-0.25, -0.2) is 0 Å². The number of thiophene rings is 1. The number of rotatable bonds is 5. The maximum absolute atomic E-state index is 12.4. The van der Waals surface area contributed by atoms with Crippen LogP contribution < -0.4 is 10.1 Å². The van der Waals surface area contributed by atoms with Gasteiger partial charge in [-0.15, -0.1) is 21.5 Å². The Hall–Kier alpha value is -2.25. The van der Waals surface area contributed by atoms with Crippen LogP contribution in [0.2, 0.25) is 0 Å². The SMILES string of the molecule is O=C(Nc1nnc(-c2cccs2)s1)c1ccc(OC2CCCC2)cc1. The summed E-state index contributed by atoms with van der Waals surface area (Å²) in [7, 11) is 0. The number of carbonyl (C=O) groups excluding carboxylic acids is 1. The minimum atomic E-state index is -0.193. The molecule has 1 saturated carbocycles. The highest BCUT2D eigenvalue weighted by atomic mass is 32.1. The standard InChI is InChI=1S/C18H17N3O2S2/c22-16(19-18-21-20-17(25-18)15-6-3-11-24-15)12-7-9-14(10-8-12)23-13-4-1-2-5-13/h3,6-11,13H,1-2,4-5H2,(H,19,21,22). The van der Waals surface area contributed by atoms with Gasteiger partial charge in [-0.1, -0.05) is 17.4 Å². The van der Waals surface area contributed by atoms with E-state index in [1.807, 2.05) is 29.6 Å². The Kier molecular flexibility index (Phi) is 4.76. The zero-order valence-electron chi connectivity index (χ0n) is 13.5. The number of amides is 1. The maximum atomic E-state index is 12.4. The molecule has 0 spiro atoms. The third-order valence-electron chi connectivity index (χ3n) is 4.10. The van der Waals surface area contributed by atoms with E-state index in [4.69, 9.17) is 4.74 Å². The van der Waals surface area contributed by atoms with Crippen molar-refractivity contribution in [3.8, 4) is 15.6 Å². The summed E-state index contributed by atoms with van der Waals surface area (Å²) >= 11 is 2.97. The number of benzene rings is 1. The first-order chi connectivity index (χ1) is 12.3. The fourth-order valence-corrected chi connectivity index (χ4v) is 4.36. The minimum absolute atomic E-state index is 0.193. The van der Waals surface area contributed by atoms with E-state index in [-0.39, 0.29) is 5.91 Å². The van der Waals surface area contributed by atoms with Gasteiger partial charge in [0.15, 0.2) is 5.01 Å². The van der Waals surface area contributed by atoms with Crippen molar-refractivity contribution >= 4 is 33.7 Å². The van der Waals surface area contributed by atoms with E-state index in [9.17, 15) is 4.79 Å². The predicted molar refractivity (Wildman–Crippen MR) is 101 cm³/mol. The zero-order chi connectivity index (χ0) is 17.1. The molecular formula is C18H17N3O2S2. The lowest BCUT2D eigenvalue weighted by molar-refractivity contribution is 0.102. The van der Waals surface area contributed by atoms with Gasteiger partial charge >= 0.3 is 0 Å². The van der Waals surface area contributed by atoms with Gasteiger partial charge in [0.25, 0.3) is 5.91 Å². The van der Waals surface area contributed by atoms with Gasteiger partial charge in [0, 0.05) is 5.56 Å². The third kappa shape index (κ3) is 3.88. The lowest BCUT2D eigenvalue weighted by atomic mass is 10.2. The average Bonchev–Trinajstić information content (AvgIpc) is 3.38. The topological polar surface area (TPSA) is 64.1 Å². The molecule has 0 saturated heterocycles. The number of aromatic nitrogens is 2. The molecule has 0 radical (unpaired) electrons. The van der Waals surface area contributed by atoms with Crippen LogP contribution in [-0.4, -0.2) is 22.2 Å². The predicted octanol–water partition coefficient (Wildman–Crippen LogP) is 4.84. The molecule has 0 atom stereocenters. The number of hydrogen-bond donors (Lipinski definition) is 1. The van der Waals surface area contributed by atoms with Crippen molar-refractivity contribution in [3.63, 3.8) is 0 Å². The van der Waals surface area contributed by atoms with Gasteiger partial charge < -0.3 is 4.74 Å². The first-order valence-corrected chi connectivity index (χ1v) is 9.93. The molecule has 1 N–H and O–H groups in total. The Morgan fingerprint density at radius 1 is 1.12 bits per heavy atom. The van der Waals surface area contributed by atoms with Gasteiger partial charge in [0.1, 0.15) is 5.75 Å². The summed E-state index contributed by atoms with van der Waals surface area (Å²) in [6.45, 7) is 0. The lowest BCUT2D eigenvalue weighted by Crippen LogP contribution is -2.13. The molecule has 128 valence electrons. The lowest BCUT2D eigenvalue weighted by Gasteiger charge is -2.13. The molecule has 3 aromatic rings. The van der Waals surface area contributed by atoms with Crippen LogP contribution in [0.4, 0.5) is 5.13 Å². The summed E-state index contributed by atoms with van der Waals surface area (Å²) in [6.07, 6.45) is 5.02. The molecule has 2 aromatic heterocycles. The number of carbonyl (C=O) groups is 1.